The lowest BCUT2D eigenvalue weighted by molar-refractivity contribution is 0.600. The summed E-state index contributed by atoms with van der Waals surface area (Å²) >= 11 is 0. The van der Waals surface area contributed by atoms with Crippen molar-refractivity contribution >= 4 is 21.5 Å². The van der Waals surface area contributed by atoms with E-state index in [-0.39, 0.29) is 5.75 Å². The molecule has 0 unspecified atom stereocenters. The molecule has 0 saturated carbocycles. The van der Waals surface area contributed by atoms with Crippen LogP contribution in [-0.2, 0) is 23.0 Å². The van der Waals surface area contributed by atoms with E-state index < -0.39 is 10.0 Å². The summed E-state index contributed by atoms with van der Waals surface area (Å²) in [6.07, 6.45) is 2.03. The molecule has 1 heterocycles. The molecule has 6 heteroatoms. The molecule has 0 amide bonds. The second-order valence-corrected chi connectivity index (χ2v) is 8.25. The van der Waals surface area contributed by atoms with Crippen molar-refractivity contribution in [3.8, 4) is 0 Å². The van der Waals surface area contributed by atoms with Crippen LogP contribution in [0.15, 0.2) is 79.0 Å². The van der Waals surface area contributed by atoms with Crippen LogP contribution in [0.1, 0.15) is 11.1 Å². The molecular formula is C21H23N3O2S. The quantitative estimate of drug-likeness (QED) is 0.646. The van der Waals surface area contributed by atoms with E-state index in [9.17, 15) is 8.42 Å². The van der Waals surface area contributed by atoms with Crippen molar-refractivity contribution in [2.24, 2.45) is 0 Å². The van der Waals surface area contributed by atoms with Gasteiger partial charge in [0.05, 0.1) is 17.6 Å². The number of hydrogen-bond donors (Lipinski definition) is 1. The number of aryl methyl sites for hydroxylation is 1. The minimum atomic E-state index is -3.42. The highest BCUT2D eigenvalue weighted by atomic mass is 32.2. The van der Waals surface area contributed by atoms with Crippen molar-refractivity contribution in [1.29, 1.82) is 0 Å². The smallest absolute Gasteiger partial charge is 0.233 e. The molecule has 0 fully saturated rings. The standard InChI is InChI=1S/C21H23N3O2S/c1-24(17-19-10-6-3-7-11-19)21-13-12-20(16-22-21)23-27(25,26)15-14-18-8-4-2-5-9-18/h2-13,16,23H,14-15,17H2,1H3. The number of rotatable bonds is 8. The summed E-state index contributed by atoms with van der Waals surface area (Å²) in [5.41, 5.74) is 2.66. The average molecular weight is 382 g/mol. The molecule has 0 atom stereocenters. The number of anilines is 2. The van der Waals surface area contributed by atoms with Crippen LogP contribution in [0.4, 0.5) is 11.5 Å². The monoisotopic (exact) mass is 381 g/mol. The lowest BCUT2D eigenvalue weighted by atomic mass is 10.2. The minimum Gasteiger partial charge on any atom is -0.355 e. The molecule has 0 spiro atoms. The topological polar surface area (TPSA) is 62.3 Å². The zero-order chi connectivity index (χ0) is 19.1. The molecule has 3 rings (SSSR count). The third kappa shape index (κ3) is 5.82. The molecule has 2 aromatic carbocycles. The Kier molecular flexibility index (Phi) is 6.08. The third-order valence-electron chi connectivity index (χ3n) is 4.18. The van der Waals surface area contributed by atoms with Gasteiger partial charge < -0.3 is 4.90 Å². The number of benzene rings is 2. The van der Waals surface area contributed by atoms with Crippen LogP contribution < -0.4 is 9.62 Å². The van der Waals surface area contributed by atoms with Crippen LogP contribution in [0.3, 0.4) is 0 Å². The van der Waals surface area contributed by atoms with Crippen molar-refractivity contribution in [2.45, 2.75) is 13.0 Å². The predicted molar refractivity (Wildman–Crippen MR) is 110 cm³/mol. The van der Waals surface area contributed by atoms with Gasteiger partial charge in [0.15, 0.2) is 0 Å². The minimum absolute atomic E-state index is 0.0344. The molecule has 0 aliphatic carbocycles. The maximum absolute atomic E-state index is 12.3. The summed E-state index contributed by atoms with van der Waals surface area (Å²) in [5, 5.41) is 0. The summed E-state index contributed by atoms with van der Waals surface area (Å²) in [6.45, 7) is 0.732. The fraction of sp³-hybridized carbons (Fsp3) is 0.190. The van der Waals surface area contributed by atoms with E-state index in [1.54, 1.807) is 12.3 Å². The highest BCUT2D eigenvalue weighted by molar-refractivity contribution is 7.92. The van der Waals surface area contributed by atoms with Crippen LogP contribution in [0, 0.1) is 0 Å². The summed E-state index contributed by atoms with van der Waals surface area (Å²) in [4.78, 5) is 6.39. The van der Waals surface area contributed by atoms with Crippen LogP contribution in [0.5, 0.6) is 0 Å². The number of hydrogen-bond acceptors (Lipinski definition) is 4. The Hall–Kier alpha value is -2.86. The van der Waals surface area contributed by atoms with Crippen molar-refractivity contribution in [3.05, 3.63) is 90.1 Å². The second kappa shape index (κ2) is 8.68. The molecule has 5 nitrogen and oxygen atoms in total. The Morgan fingerprint density at radius 2 is 1.52 bits per heavy atom. The molecule has 1 aromatic heterocycles. The Balaban J connectivity index is 1.58. The molecule has 0 bridgehead atoms. The van der Waals surface area contributed by atoms with Crippen LogP contribution >= 0.6 is 0 Å². The first-order valence-corrected chi connectivity index (χ1v) is 10.4. The van der Waals surface area contributed by atoms with Gasteiger partial charge in [0.2, 0.25) is 10.0 Å². The van der Waals surface area contributed by atoms with E-state index in [0.29, 0.717) is 12.1 Å². The normalized spacial score (nSPS) is 11.1. The second-order valence-electron chi connectivity index (χ2n) is 6.40. The number of nitrogens with zero attached hydrogens (tertiary/aromatic N) is 2. The molecular weight excluding hydrogens is 358 g/mol. The molecule has 3 aromatic rings. The third-order valence-corrected chi connectivity index (χ3v) is 5.47. The first-order chi connectivity index (χ1) is 13.0. The zero-order valence-corrected chi connectivity index (χ0v) is 16.1. The van der Waals surface area contributed by atoms with Gasteiger partial charge in [-0.1, -0.05) is 60.7 Å². The summed E-state index contributed by atoms with van der Waals surface area (Å²) < 4.78 is 27.2. The molecule has 27 heavy (non-hydrogen) atoms. The lowest BCUT2D eigenvalue weighted by Crippen LogP contribution is -2.19. The first-order valence-electron chi connectivity index (χ1n) is 8.77. The van der Waals surface area contributed by atoms with Crippen molar-refractivity contribution in [3.63, 3.8) is 0 Å². The van der Waals surface area contributed by atoms with E-state index in [2.05, 4.69) is 21.8 Å². The Morgan fingerprint density at radius 1 is 0.889 bits per heavy atom. The van der Waals surface area contributed by atoms with Crippen LogP contribution in [-0.4, -0.2) is 26.2 Å². The van der Waals surface area contributed by atoms with Gasteiger partial charge >= 0.3 is 0 Å². The zero-order valence-electron chi connectivity index (χ0n) is 15.2. The van der Waals surface area contributed by atoms with Gasteiger partial charge in [-0.3, -0.25) is 4.72 Å². The first kappa shape index (κ1) is 18.9. The average Bonchev–Trinajstić information content (AvgIpc) is 2.68. The number of aromatic nitrogens is 1. The van der Waals surface area contributed by atoms with Crippen molar-refractivity contribution < 1.29 is 8.42 Å². The van der Waals surface area contributed by atoms with E-state index in [1.807, 2.05) is 66.5 Å². The van der Waals surface area contributed by atoms with Crippen molar-refractivity contribution in [2.75, 3.05) is 22.4 Å². The highest BCUT2D eigenvalue weighted by Gasteiger charge is 2.11. The molecule has 1 N–H and O–H groups in total. The molecule has 0 radical (unpaired) electrons. The largest absolute Gasteiger partial charge is 0.355 e. The lowest BCUT2D eigenvalue weighted by Gasteiger charge is -2.18. The summed E-state index contributed by atoms with van der Waals surface area (Å²) in [7, 11) is -1.46. The van der Waals surface area contributed by atoms with Gasteiger partial charge in [0.1, 0.15) is 5.82 Å². The maximum atomic E-state index is 12.3. The van der Waals surface area contributed by atoms with Gasteiger partial charge in [-0.2, -0.15) is 0 Å². The predicted octanol–water partition coefficient (Wildman–Crippen LogP) is 3.70. The summed E-state index contributed by atoms with van der Waals surface area (Å²) in [5.74, 6) is 0.818. The molecule has 140 valence electrons. The van der Waals surface area contributed by atoms with Gasteiger partial charge in [-0.15, -0.1) is 0 Å². The Morgan fingerprint density at radius 3 is 2.11 bits per heavy atom. The number of sulfonamides is 1. The van der Waals surface area contributed by atoms with Gasteiger partial charge in [-0.05, 0) is 29.7 Å². The Bertz CT molecular complexity index is 944. The van der Waals surface area contributed by atoms with Gasteiger partial charge in [0, 0.05) is 13.6 Å². The van der Waals surface area contributed by atoms with Crippen LogP contribution in [0.2, 0.25) is 0 Å². The fourth-order valence-electron chi connectivity index (χ4n) is 2.74. The fourth-order valence-corrected chi connectivity index (χ4v) is 3.82. The Labute approximate surface area is 160 Å². The number of pyridine rings is 1. The maximum Gasteiger partial charge on any atom is 0.233 e. The number of nitrogens with one attached hydrogen (secondary N) is 1. The molecule has 0 aliphatic rings. The highest BCUT2D eigenvalue weighted by Crippen LogP contribution is 2.16. The van der Waals surface area contributed by atoms with E-state index in [4.69, 9.17) is 0 Å². The van der Waals surface area contributed by atoms with E-state index >= 15 is 0 Å². The van der Waals surface area contributed by atoms with Crippen LogP contribution in [0.25, 0.3) is 0 Å². The molecule has 0 saturated heterocycles. The van der Waals surface area contributed by atoms with Crippen molar-refractivity contribution in [1.82, 2.24) is 4.98 Å². The SMILES string of the molecule is CN(Cc1ccccc1)c1ccc(NS(=O)(=O)CCc2ccccc2)cn1. The summed E-state index contributed by atoms with van der Waals surface area (Å²) in [6, 6.07) is 23.3. The van der Waals surface area contributed by atoms with E-state index in [0.717, 1.165) is 17.9 Å². The van der Waals surface area contributed by atoms with E-state index in [1.165, 1.54) is 5.56 Å². The van der Waals surface area contributed by atoms with Gasteiger partial charge in [-0.25, -0.2) is 13.4 Å². The van der Waals surface area contributed by atoms with Gasteiger partial charge in [0.25, 0.3) is 0 Å². The molecule has 0 aliphatic heterocycles.